The van der Waals surface area contributed by atoms with E-state index >= 15 is 0 Å². The van der Waals surface area contributed by atoms with Crippen molar-refractivity contribution in [2.24, 2.45) is 0 Å². The first kappa shape index (κ1) is 19.0. The minimum atomic E-state index is 0.198. The van der Waals surface area contributed by atoms with Crippen molar-refractivity contribution >= 4 is 34.8 Å². The number of ether oxygens (including phenoxy) is 1. The Morgan fingerprint density at radius 1 is 1.00 bits per heavy atom. The van der Waals surface area contributed by atoms with E-state index in [0.29, 0.717) is 16.6 Å². The molecule has 1 unspecified atom stereocenters. The fourth-order valence-corrected chi connectivity index (χ4v) is 3.82. The lowest BCUT2D eigenvalue weighted by atomic mass is 10.0. The molecule has 0 aromatic heterocycles. The van der Waals surface area contributed by atoms with E-state index in [1.54, 1.807) is 6.07 Å². The topological polar surface area (TPSA) is 24.5 Å². The summed E-state index contributed by atoms with van der Waals surface area (Å²) in [4.78, 5) is 2.42. The number of nitrogens with one attached hydrogen (secondary N) is 1. The van der Waals surface area contributed by atoms with E-state index in [1.807, 2.05) is 30.3 Å². The van der Waals surface area contributed by atoms with Crippen molar-refractivity contribution in [2.45, 2.75) is 12.6 Å². The number of hydrogen-bond acceptors (Lipinski definition) is 3. The normalized spacial score (nSPS) is 16.8. The smallest absolute Gasteiger partial charge is 0.0594 e. The highest BCUT2D eigenvalue weighted by atomic mass is 35.5. The van der Waals surface area contributed by atoms with Gasteiger partial charge in [-0.15, -0.1) is 0 Å². The molecule has 3 rings (SSSR count). The van der Waals surface area contributed by atoms with Gasteiger partial charge in [-0.05, 0) is 29.3 Å². The number of halogens is 3. The largest absolute Gasteiger partial charge is 0.379 e. The maximum absolute atomic E-state index is 6.46. The van der Waals surface area contributed by atoms with E-state index in [0.717, 1.165) is 49.0 Å². The van der Waals surface area contributed by atoms with Crippen molar-refractivity contribution in [3.63, 3.8) is 0 Å². The van der Waals surface area contributed by atoms with Crippen molar-refractivity contribution in [3.05, 3.63) is 68.7 Å². The molecule has 0 aliphatic carbocycles. The van der Waals surface area contributed by atoms with Crippen LogP contribution >= 0.6 is 34.8 Å². The van der Waals surface area contributed by atoms with Crippen LogP contribution in [-0.2, 0) is 11.3 Å². The molecule has 3 nitrogen and oxygen atoms in total. The van der Waals surface area contributed by atoms with Gasteiger partial charge in [-0.25, -0.2) is 0 Å². The Morgan fingerprint density at radius 2 is 1.76 bits per heavy atom. The molecule has 2 aromatic rings. The Bertz CT molecular complexity index is 705. The second-order valence-corrected chi connectivity index (χ2v) is 7.30. The second kappa shape index (κ2) is 9.22. The van der Waals surface area contributed by atoms with Crippen molar-refractivity contribution in [3.8, 4) is 0 Å². The lowest BCUT2D eigenvalue weighted by molar-refractivity contribution is 0.0161. The first-order valence-corrected chi connectivity index (χ1v) is 9.49. The van der Waals surface area contributed by atoms with Crippen LogP contribution in [0.1, 0.15) is 17.2 Å². The predicted octanol–water partition coefficient (Wildman–Crippen LogP) is 4.81. The minimum absolute atomic E-state index is 0.198. The molecular weight excluding hydrogens is 379 g/mol. The third kappa shape index (κ3) is 5.10. The molecule has 0 spiro atoms. The molecule has 1 aliphatic heterocycles. The minimum Gasteiger partial charge on any atom is -0.379 e. The van der Waals surface area contributed by atoms with Gasteiger partial charge in [0.05, 0.1) is 13.2 Å². The lowest BCUT2D eigenvalue weighted by Gasteiger charge is -2.35. The molecule has 25 heavy (non-hydrogen) atoms. The van der Waals surface area contributed by atoms with Gasteiger partial charge in [0.25, 0.3) is 0 Å². The number of nitrogens with zero attached hydrogens (tertiary/aromatic N) is 1. The van der Waals surface area contributed by atoms with Gasteiger partial charge in [-0.3, -0.25) is 4.90 Å². The SMILES string of the molecule is Clc1ccc(CNCC(c2ccccc2Cl)N2CCOCC2)c(Cl)c1. The van der Waals surface area contributed by atoms with Crippen LogP contribution in [0.5, 0.6) is 0 Å². The highest BCUT2D eigenvalue weighted by molar-refractivity contribution is 6.35. The average Bonchev–Trinajstić information content (AvgIpc) is 2.62. The van der Waals surface area contributed by atoms with Crippen LogP contribution in [-0.4, -0.2) is 37.7 Å². The van der Waals surface area contributed by atoms with E-state index in [-0.39, 0.29) is 6.04 Å². The van der Waals surface area contributed by atoms with E-state index < -0.39 is 0 Å². The molecule has 0 bridgehead atoms. The quantitative estimate of drug-likeness (QED) is 0.754. The zero-order valence-corrected chi connectivity index (χ0v) is 16.1. The molecule has 0 radical (unpaired) electrons. The Morgan fingerprint density at radius 3 is 2.48 bits per heavy atom. The van der Waals surface area contributed by atoms with Crippen LogP contribution < -0.4 is 5.32 Å². The molecule has 1 N–H and O–H groups in total. The van der Waals surface area contributed by atoms with Crippen molar-refractivity contribution < 1.29 is 4.74 Å². The van der Waals surface area contributed by atoms with Gasteiger partial charge in [-0.2, -0.15) is 0 Å². The van der Waals surface area contributed by atoms with Crippen LogP contribution in [0.2, 0.25) is 15.1 Å². The van der Waals surface area contributed by atoms with Gasteiger partial charge in [0, 0.05) is 47.3 Å². The van der Waals surface area contributed by atoms with Crippen LogP contribution in [0.25, 0.3) is 0 Å². The summed E-state index contributed by atoms with van der Waals surface area (Å²) in [6, 6.07) is 13.8. The summed E-state index contributed by atoms with van der Waals surface area (Å²) in [7, 11) is 0. The molecule has 2 aromatic carbocycles. The third-order valence-electron chi connectivity index (χ3n) is 4.42. The molecule has 1 aliphatic rings. The maximum Gasteiger partial charge on any atom is 0.0594 e. The number of hydrogen-bond donors (Lipinski definition) is 1. The summed E-state index contributed by atoms with van der Waals surface area (Å²) in [6.07, 6.45) is 0. The van der Waals surface area contributed by atoms with E-state index in [9.17, 15) is 0 Å². The number of rotatable bonds is 6. The summed E-state index contributed by atoms with van der Waals surface area (Å²) in [6.45, 7) is 4.77. The van der Waals surface area contributed by atoms with Gasteiger partial charge in [0.15, 0.2) is 0 Å². The zero-order chi connectivity index (χ0) is 17.6. The Hall–Kier alpha value is -0.810. The summed E-state index contributed by atoms with van der Waals surface area (Å²) >= 11 is 18.7. The third-order valence-corrected chi connectivity index (χ3v) is 5.35. The first-order valence-electron chi connectivity index (χ1n) is 8.36. The molecule has 1 atom stereocenters. The standard InChI is InChI=1S/C19H21Cl3N2O/c20-15-6-5-14(18(22)11-15)12-23-13-19(24-7-9-25-10-8-24)16-3-1-2-4-17(16)21/h1-6,11,19,23H,7-10,12-13H2. The summed E-state index contributed by atoms with van der Waals surface area (Å²) in [5.41, 5.74) is 2.17. The molecule has 1 fully saturated rings. The van der Waals surface area contributed by atoms with Crippen LogP contribution in [0.3, 0.4) is 0 Å². The first-order chi connectivity index (χ1) is 12.1. The zero-order valence-electron chi connectivity index (χ0n) is 13.9. The van der Waals surface area contributed by atoms with Crippen molar-refractivity contribution in [1.82, 2.24) is 10.2 Å². The van der Waals surface area contributed by atoms with Crippen molar-refractivity contribution in [1.29, 1.82) is 0 Å². The lowest BCUT2D eigenvalue weighted by Crippen LogP contribution is -2.42. The highest BCUT2D eigenvalue weighted by Gasteiger charge is 2.24. The Balaban J connectivity index is 1.70. The summed E-state index contributed by atoms with van der Waals surface area (Å²) in [5, 5.41) is 5.64. The highest BCUT2D eigenvalue weighted by Crippen LogP contribution is 2.28. The van der Waals surface area contributed by atoms with Crippen LogP contribution in [0.15, 0.2) is 42.5 Å². The molecule has 0 saturated carbocycles. The maximum atomic E-state index is 6.46. The van der Waals surface area contributed by atoms with E-state index in [1.165, 1.54) is 0 Å². The number of benzene rings is 2. The summed E-state index contributed by atoms with van der Waals surface area (Å²) in [5.74, 6) is 0. The Labute approximate surface area is 163 Å². The van der Waals surface area contributed by atoms with Gasteiger partial charge in [0.2, 0.25) is 0 Å². The fraction of sp³-hybridized carbons (Fsp3) is 0.368. The number of morpholine rings is 1. The average molecular weight is 400 g/mol. The second-order valence-electron chi connectivity index (χ2n) is 6.05. The van der Waals surface area contributed by atoms with Gasteiger partial charge < -0.3 is 10.1 Å². The van der Waals surface area contributed by atoms with E-state index in [4.69, 9.17) is 39.5 Å². The molecule has 6 heteroatoms. The van der Waals surface area contributed by atoms with Gasteiger partial charge in [0.1, 0.15) is 0 Å². The monoisotopic (exact) mass is 398 g/mol. The molecular formula is C19H21Cl3N2O. The molecule has 0 amide bonds. The van der Waals surface area contributed by atoms with Crippen LogP contribution in [0, 0.1) is 0 Å². The Kier molecular flexibility index (Phi) is 7.00. The molecule has 1 saturated heterocycles. The van der Waals surface area contributed by atoms with Crippen molar-refractivity contribution in [2.75, 3.05) is 32.8 Å². The van der Waals surface area contributed by atoms with Gasteiger partial charge in [-0.1, -0.05) is 59.1 Å². The molecule has 1 heterocycles. The fourth-order valence-electron chi connectivity index (χ4n) is 3.08. The van der Waals surface area contributed by atoms with Gasteiger partial charge >= 0.3 is 0 Å². The summed E-state index contributed by atoms with van der Waals surface area (Å²) < 4.78 is 5.49. The van der Waals surface area contributed by atoms with E-state index in [2.05, 4.69) is 16.3 Å². The van der Waals surface area contributed by atoms with Crippen LogP contribution in [0.4, 0.5) is 0 Å². The molecule has 134 valence electrons. The predicted molar refractivity (Wildman–Crippen MR) is 105 cm³/mol.